The maximum Gasteiger partial charge on any atom is 0.266 e. The third kappa shape index (κ3) is 3.17. The summed E-state index contributed by atoms with van der Waals surface area (Å²) in [7, 11) is 0. The van der Waals surface area contributed by atoms with E-state index < -0.39 is 0 Å². The molecule has 0 saturated carbocycles. The Labute approximate surface area is 159 Å². The van der Waals surface area contributed by atoms with E-state index in [1.807, 2.05) is 30.3 Å². The highest BCUT2D eigenvalue weighted by molar-refractivity contribution is 8.26. The molecule has 128 valence electrons. The SMILES string of the molecule is N#Cc1ccc(C=C2SC(=S)N(Cc3ccc4c(c3)OCO4)C2=O)cc1. The highest BCUT2D eigenvalue weighted by Crippen LogP contribution is 2.36. The normalized spacial score (nSPS) is 17.0. The summed E-state index contributed by atoms with van der Waals surface area (Å²) in [5, 5.41) is 8.86. The van der Waals surface area contributed by atoms with Gasteiger partial charge in [0.15, 0.2) is 11.5 Å². The fourth-order valence-corrected chi connectivity index (χ4v) is 3.92. The number of carbonyl (C=O) groups excluding carboxylic acids is 1. The van der Waals surface area contributed by atoms with Crippen molar-refractivity contribution in [1.82, 2.24) is 4.90 Å². The molecule has 26 heavy (non-hydrogen) atoms. The Morgan fingerprint density at radius 2 is 1.96 bits per heavy atom. The third-order valence-corrected chi connectivity index (χ3v) is 5.37. The number of thiocarbonyl (C=S) groups is 1. The molecule has 0 atom stereocenters. The average molecular weight is 380 g/mol. The van der Waals surface area contributed by atoms with Crippen molar-refractivity contribution in [3.05, 3.63) is 64.1 Å². The van der Waals surface area contributed by atoms with Crippen LogP contribution in [0.5, 0.6) is 11.5 Å². The lowest BCUT2D eigenvalue weighted by Crippen LogP contribution is -2.27. The lowest BCUT2D eigenvalue weighted by atomic mass is 10.1. The number of carbonyl (C=O) groups is 1. The Morgan fingerprint density at radius 3 is 2.73 bits per heavy atom. The minimum Gasteiger partial charge on any atom is -0.454 e. The Balaban J connectivity index is 1.53. The van der Waals surface area contributed by atoms with Crippen LogP contribution in [-0.2, 0) is 11.3 Å². The van der Waals surface area contributed by atoms with Crippen molar-refractivity contribution in [2.24, 2.45) is 0 Å². The average Bonchev–Trinajstić information content (AvgIpc) is 3.22. The quantitative estimate of drug-likeness (QED) is 0.598. The molecular formula is C19H12N2O3S2. The molecule has 1 saturated heterocycles. The molecule has 4 rings (SSSR count). The molecule has 5 nitrogen and oxygen atoms in total. The first kappa shape index (κ1) is 16.6. The topological polar surface area (TPSA) is 62.6 Å². The minimum absolute atomic E-state index is 0.123. The van der Waals surface area contributed by atoms with Crippen molar-refractivity contribution < 1.29 is 14.3 Å². The fraction of sp³-hybridized carbons (Fsp3) is 0.105. The van der Waals surface area contributed by atoms with E-state index in [9.17, 15) is 4.79 Å². The van der Waals surface area contributed by atoms with E-state index >= 15 is 0 Å². The first-order chi connectivity index (χ1) is 12.6. The maximum absolute atomic E-state index is 12.7. The summed E-state index contributed by atoms with van der Waals surface area (Å²) >= 11 is 6.66. The molecule has 1 fully saturated rings. The van der Waals surface area contributed by atoms with Crippen molar-refractivity contribution in [2.45, 2.75) is 6.54 Å². The summed E-state index contributed by atoms with van der Waals surface area (Å²) in [6.07, 6.45) is 1.79. The number of hydrogen-bond acceptors (Lipinski definition) is 6. The highest BCUT2D eigenvalue weighted by atomic mass is 32.2. The van der Waals surface area contributed by atoms with E-state index in [4.69, 9.17) is 27.0 Å². The van der Waals surface area contributed by atoms with Crippen LogP contribution in [0.1, 0.15) is 16.7 Å². The maximum atomic E-state index is 12.7. The molecule has 0 radical (unpaired) electrons. The Bertz CT molecular complexity index is 977. The number of amides is 1. The molecule has 2 heterocycles. The zero-order valence-electron chi connectivity index (χ0n) is 13.5. The van der Waals surface area contributed by atoms with Gasteiger partial charge in [0.05, 0.1) is 23.1 Å². The van der Waals surface area contributed by atoms with Crippen molar-refractivity contribution in [2.75, 3.05) is 6.79 Å². The Hall–Kier alpha value is -2.82. The van der Waals surface area contributed by atoms with Gasteiger partial charge in [0.25, 0.3) is 5.91 Å². The molecule has 0 unspecified atom stereocenters. The number of ether oxygens (including phenoxy) is 2. The molecule has 2 aliphatic heterocycles. The monoisotopic (exact) mass is 380 g/mol. The fourth-order valence-electron chi connectivity index (χ4n) is 2.66. The van der Waals surface area contributed by atoms with Crippen molar-refractivity contribution in [3.63, 3.8) is 0 Å². The van der Waals surface area contributed by atoms with Crippen LogP contribution in [-0.4, -0.2) is 21.9 Å². The third-order valence-electron chi connectivity index (χ3n) is 3.99. The Morgan fingerprint density at radius 1 is 1.19 bits per heavy atom. The predicted octanol–water partition coefficient (Wildman–Crippen LogP) is 3.69. The summed E-state index contributed by atoms with van der Waals surface area (Å²) in [4.78, 5) is 14.9. The number of fused-ring (bicyclic) bond motifs is 1. The standard InChI is InChI=1S/C19H12N2O3S2/c20-9-13-3-1-12(2-4-13)8-17-18(22)21(19(25)26-17)10-14-5-6-15-16(7-14)24-11-23-15/h1-8H,10-11H2. The molecule has 2 aromatic rings. The second-order valence-corrected chi connectivity index (χ2v) is 7.37. The molecule has 0 aromatic heterocycles. The van der Waals surface area contributed by atoms with Gasteiger partial charge in [0, 0.05) is 0 Å². The van der Waals surface area contributed by atoms with Crippen LogP contribution in [0.2, 0.25) is 0 Å². The van der Waals surface area contributed by atoms with Crippen LogP contribution in [0.3, 0.4) is 0 Å². The first-order valence-electron chi connectivity index (χ1n) is 7.78. The van der Waals surface area contributed by atoms with Gasteiger partial charge in [-0.25, -0.2) is 0 Å². The molecule has 0 aliphatic carbocycles. The molecular weight excluding hydrogens is 368 g/mol. The molecule has 0 spiro atoms. The second kappa shape index (κ2) is 6.83. The second-order valence-electron chi connectivity index (χ2n) is 5.69. The zero-order valence-corrected chi connectivity index (χ0v) is 15.1. The van der Waals surface area contributed by atoms with Crippen LogP contribution < -0.4 is 9.47 Å². The van der Waals surface area contributed by atoms with Gasteiger partial charge in [-0.15, -0.1) is 0 Å². The molecule has 2 aliphatic rings. The molecule has 2 aromatic carbocycles. The van der Waals surface area contributed by atoms with Gasteiger partial charge in [-0.3, -0.25) is 9.69 Å². The number of benzene rings is 2. The lowest BCUT2D eigenvalue weighted by molar-refractivity contribution is -0.122. The van der Waals surface area contributed by atoms with Crippen molar-refractivity contribution in [1.29, 1.82) is 5.26 Å². The number of nitriles is 1. The van der Waals surface area contributed by atoms with Gasteiger partial charge in [0.2, 0.25) is 6.79 Å². The summed E-state index contributed by atoms with van der Waals surface area (Å²) < 4.78 is 11.2. The van der Waals surface area contributed by atoms with Crippen LogP contribution in [0.15, 0.2) is 47.4 Å². The molecule has 1 amide bonds. The van der Waals surface area contributed by atoms with Crippen LogP contribution in [0.4, 0.5) is 0 Å². The van der Waals surface area contributed by atoms with Crippen LogP contribution >= 0.6 is 24.0 Å². The summed E-state index contributed by atoms with van der Waals surface area (Å²) in [6, 6.07) is 14.7. The van der Waals surface area contributed by atoms with Gasteiger partial charge in [-0.1, -0.05) is 42.2 Å². The molecule has 0 N–H and O–H groups in total. The van der Waals surface area contributed by atoms with Gasteiger partial charge in [0.1, 0.15) is 4.32 Å². The van der Waals surface area contributed by atoms with Crippen molar-refractivity contribution in [3.8, 4) is 17.6 Å². The van der Waals surface area contributed by atoms with Gasteiger partial charge < -0.3 is 9.47 Å². The summed E-state index contributed by atoms with van der Waals surface area (Å²) in [5.41, 5.74) is 2.36. The zero-order chi connectivity index (χ0) is 18.1. The van der Waals surface area contributed by atoms with E-state index in [2.05, 4.69) is 6.07 Å². The number of hydrogen-bond donors (Lipinski definition) is 0. The number of rotatable bonds is 3. The number of thioether (sulfide) groups is 1. The smallest absolute Gasteiger partial charge is 0.266 e. The van der Waals surface area contributed by atoms with Crippen molar-refractivity contribution >= 4 is 40.3 Å². The highest BCUT2D eigenvalue weighted by Gasteiger charge is 2.32. The molecule has 7 heteroatoms. The van der Waals surface area contributed by atoms with Gasteiger partial charge >= 0.3 is 0 Å². The first-order valence-corrected chi connectivity index (χ1v) is 9.00. The van der Waals surface area contributed by atoms with E-state index in [1.54, 1.807) is 23.1 Å². The van der Waals surface area contributed by atoms with Gasteiger partial charge in [-0.2, -0.15) is 5.26 Å². The van der Waals surface area contributed by atoms with Crippen LogP contribution in [0, 0.1) is 11.3 Å². The van der Waals surface area contributed by atoms with E-state index in [-0.39, 0.29) is 12.7 Å². The van der Waals surface area contributed by atoms with Gasteiger partial charge in [-0.05, 0) is 41.5 Å². The number of nitrogens with zero attached hydrogens (tertiary/aromatic N) is 2. The largest absolute Gasteiger partial charge is 0.454 e. The lowest BCUT2D eigenvalue weighted by Gasteiger charge is -2.14. The Kier molecular flexibility index (Phi) is 4.37. The van der Waals surface area contributed by atoms with E-state index in [1.165, 1.54) is 11.8 Å². The molecule has 0 bridgehead atoms. The summed E-state index contributed by atoms with van der Waals surface area (Å²) in [5.74, 6) is 1.27. The van der Waals surface area contributed by atoms with Crippen LogP contribution in [0.25, 0.3) is 6.08 Å². The summed E-state index contributed by atoms with van der Waals surface area (Å²) in [6.45, 7) is 0.596. The predicted molar refractivity (Wildman–Crippen MR) is 102 cm³/mol. The van der Waals surface area contributed by atoms with E-state index in [0.29, 0.717) is 32.8 Å². The minimum atomic E-state index is -0.123. The van der Waals surface area contributed by atoms with E-state index in [0.717, 1.165) is 11.1 Å².